The molecule has 0 unspecified atom stereocenters. The van der Waals surface area contributed by atoms with Gasteiger partial charge in [0.2, 0.25) is 0 Å². The molecule has 2 aromatic rings. The van der Waals surface area contributed by atoms with E-state index in [9.17, 15) is 0 Å². The highest BCUT2D eigenvalue weighted by molar-refractivity contribution is 8.00. The van der Waals surface area contributed by atoms with E-state index in [-0.39, 0.29) is 0 Å². The summed E-state index contributed by atoms with van der Waals surface area (Å²) in [6.45, 7) is 2.55. The first-order chi connectivity index (χ1) is 8.86. The summed E-state index contributed by atoms with van der Waals surface area (Å²) in [5.41, 5.74) is 2.34. The number of nitrogens with zero attached hydrogens (tertiary/aromatic N) is 1. The smallest absolute Gasteiger partial charge is 0.102 e. The fraction of sp³-hybridized carbons (Fsp3) is 0.357. The Balaban J connectivity index is 1.99. The zero-order valence-electron chi connectivity index (χ0n) is 10.3. The van der Waals surface area contributed by atoms with Crippen molar-refractivity contribution in [3.8, 4) is 0 Å². The SMILES string of the molecule is CNCc1cc2ccccc2nc1SC1COC1. The first-order valence-electron chi connectivity index (χ1n) is 6.14. The number of fused-ring (bicyclic) bond motifs is 1. The molecule has 1 aromatic carbocycles. The van der Waals surface area contributed by atoms with Gasteiger partial charge >= 0.3 is 0 Å². The lowest BCUT2D eigenvalue weighted by molar-refractivity contribution is 0.0454. The first-order valence-corrected chi connectivity index (χ1v) is 7.02. The van der Waals surface area contributed by atoms with Crippen molar-refractivity contribution in [2.75, 3.05) is 20.3 Å². The number of thioether (sulfide) groups is 1. The molecule has 0 bridgehead atoms. The molecule has 0 amide bonds. The van der Waals surface area contributed by atoms with Gasteiger partial charge in [0, 0.05) is 11.9 Å². The molecule has 1 aromatic heterocycles. The summed E-state index contributed by atoms with van der Waals surface area (Å²) >= 11 is 1.84. The third-order valence-electron chi connectivity index (χ3n) is 3.02. The Morgan fingerprint density at radius 3 is 2.94 bits per heavy atom. The summed E-state index contributed by atoms with van der Waals surface area (Å²) < 4.78 is 5.23. The van der Waals surface area contributed by atoms with Gasteiger partial charge in [-0.1, -0.05) is 30.0 Å². The molecular formula is C14H16N2OS. The highest BCUT2D eigenvalue weighted by Gasteiger charge is 2.21. The van der Waals surface area contributed by atoms with E-state index in [0.717, 1.165) is 30.3 Å². The van der Waals surface area contributed by atoms with Crippen LogP contribution < -0.4 is 5.32 Å². The van der Waals surface area contributed by atoms with E-state index >= 15 is 0 Å². The number of nitrogens with one attached hydrogen (secondary N) is 1. The van der Waals surface area contributed by atoms with Gasteiger partial charge in [-0.25, -0.2) is 4.98 Å². The maximum atomic E-state index is 5.23. The molecule has 94 valence electrons. The quantitative estimate of drug-likeness (QED) is 0.915. The minimum absolute atomic E-state index is 0.564. The van der Waals surface area contributed by atoms with Gasteiger partial charge < -0.3 is 10.1 Å². The van der Waals surface area contributed by atoms with Gasteiger partial charge in [-0.2, -0.15) is 0 Å². The van der Waals surface area contributed by atoms with Crippen molar-refractivity contribution in [3.05, 3.63) is 35.9 Å². The highest BCUT2D eigenvalue weighted by Crippen LogP contribution is 2.31. The second kappa shape index (κ2) is 5.26. The van der Waals surface area contributed by atoms with Gasteiger partial charge in [0.25, 0.3) is 0 Å². The molecule has 1 fully saturated rings. The van der Waals surface area contributed by atoms with E-state index in [1.54, 1.807) is 0 Å². The van der Waals surface area contributed by atoms with E-state index in [4.69, 9.17) is 9.72 Å². The summed E-state index contributed by atoms with van der Waals surface area (Å²) in [5, 5.41) is 6.12. The molecule has 3 rings (SSSR count). The number of para-hydroxylation sites is 1. The Morgan fingerprint density at radius 2 is 2.22 bits per heavy atom. The summed E-state index contributed by atoms with van der Waals surface area (Å²) in [7, 11) is 1.97. The lowest BCUT2D eigenvalue weighted by Gasteiger charge is -2.25. The zero-order chi connectivity index (χ0) is 12.4. The van der Waals surface area contributed by atoms with Crippen molar-refractivity contribution < 1.29 is 4.74 Å². The number of aromatic nitrogens is 1. The second-order valence-corrected chi connectivity index (χ2v) is 5.74. The van der Waals surface area contributed by atoms with Gasteiger partial charge in [-0.05, 0) is 24.7 Å². The van der Waals surface area contributed by atoms with Crippen LogP contribution in [0.1, 0.15) is 5.56 Å². The van der Waals surface area contributed by atoms with Gasteiger partial charge in [0.05, 0.1) is 24.0 Å². The summed E-state index contributed by atoms with van der Waals surface area (Å²) in [4.78, 5) is 4.78. The number of hydrogen-bond acceptors (Lipinski definition) is 4. The fourth-order valence-corrected chi connectivity index (χ4v) is 3.08. The van der Waals surface area contributed by atoms with Gasteiger partial charge in [0.15, 0.2) is 0 Å². The van der Waals surface area contributed by atoms with Crippen molar-refractivity contribution in [2.24, 2.45) is 0 Å². The van der Waals surface area contributed by atoms with Crippen molar-refractivity contribution >= 4 is 22.7 Å². The maximum absolute atomic E-state index is 5.23. The van der Waals surface area contributed by atoms with E-state index < -0.39 is 0 Å². The summed E-state index contributed by atoms with van der Waals surface area (Å²) in [6, 6.07) is 10.5. The van der Waals surface area contributed by atoms with E-state index in [2.05, 4.69) is 29.6 Å². The van der Waals surface area contributed by atoms with E-state index in [0.29, 0.717) is 5.25 Å². The molecular weight excluding hydrogens is 244 g/mol. The molecule has 1 aliphatic rings. The van der Waals surface area contributed by atoms with Crippen molar-refractivity contribution in [1.82, 2.24) is 10.3 Å². The first kappa shape index (κ1) is 12.0. The number of ether oxygens (including phenoxy) is 1. The van der Waals surface area contributed by atoms with Crippen LogP contribution in [0, 0.1) is 0 Å². The minimum Gasteiger partial charge on any atom is -0.379 e. The standard InChI is InChI=1S/C14H16N2OS/c1-15-7-11-6-10-4-2-3-5-13(10)16-14(11)18-12-8-17-9-12/h2-6,12,15H,7-9H2,1H3. The molecule has 3 nitrogen and oxygen atoms in total. The Labute approximate surface area is 111 Å². The minimum atomic E-state index is 0.564. The Morgan fingerprint density at radius 1 is 1.39 bits per heavy atom. The van der Waals surface area contributed by atoms with E-state index in [1.807, 2.05) is 24.9 Å². The molecule has 0 spiro atoms. The van der Waals surface area contributed by atoms with E-state index in [1.165, 1.54) is 10.9 Å². The van der Waals surface area contributed by atoms with Crippen LogP contribution in [-0.2, 0) is 11.3 Å². The molecule has 0 aliphatic carbocycles. The molecule has 18 heavy (non-hydrogen) atoms. The molecule has 1 saturated heterocycles. The van der Waals surface area contributed by atoms with Gasteiger partial charge in [-0.15, -0.1) is 0 Å². The molecule has 0 radical (unpaired) electrons. The monoisotopic (exact) mass is 260 g/mol. The lowest BCUT2D eigenvalue weighted by atomic mass is 10.1. The molecule has 0 saturated carbocycles. The highest BCUT2D eigenvalue weighted by atomic mass is 32.2. The molecule has 2 heterocycles. The predicted octanol–water partition coefficient (Wildman–Crippen LogP) is 2.45. The van der Waals surface area contributed by atoms with Crippen molar-refractivity contribution in [2.45, 2.75) is 16.8 Å². The molecule has 0 atom stereocenters. The zero-order valence-corrected chi connectivity index (χ0v) is 11.2. The van der Waals surface area contributed by atoms with Gasteiger partial charge in [0.1, 0.15) is 5.03 Å². The van der Waals surface area contributed by atoms with Crippen molar-refractivity contribution in [3.63, 3.8) is 0 Å². The topological polar surface area (TPSA) is 34.2 Å². The average Bonchev–Trinajstić information content (AvgIpc) is 2.34. The number of pyridine rings is 1. The number of hydrogen-bond donors (Lipinski definition) is 1. The molecule has 1 aliphatic heterocycles. The third-order valence-corrected chi connectivity index (χ3v) is 4.20. The Hall–Kier alpha value is -1.10. The summed E-state index contributed by atoms with van der Waals surface area (Å²) in [6.07, 6.45) is 0. The van der Waals surface area contributed by atoms with Gasteiger partial charge in [-0.3, -0.25) is 0 Å². The van der Waals surface area contributed by atoms with Crippen LogP contribution in [0.25, 0.3) is 10.9 Å². The van der Waals surface area contributed by atoms with Crippen LogP contribution in [0.15, 0.2) is 35.4 Å². The Bertz CT molecular complexity index is 554. The average molecular weight is 260 g/mol. The number of benzene rings is 1. The predicted molar refractivity (Wildman–Crippen MR) is 75.0 cm³/mol. The number of rotatable bonds is 4. The van der Waals surface area contributed by atoms with Crippen LogP contribution in [0.2, 0.25) is 0 Å². The fourth-order valence-electron chi connectivity index (χ4n) is 2.00. The normalized spacial score (nSPS) is 15.8. The van der Waals surface area contributed by atoms with Crippen LogP contribution in [0.5, 0.6) is 0 Å². The largest absolute Gasteiger partial charge is 0.379 e. The third kappa shape index (κ3) is 2.36. The molecule has 1 N–H and O–H groups in total. The van der Waals surface area contributed by atoms with Crippen LogP contribution in [0.4, 0.5) is 0 Å². The molecule has 4 heteroatoms. The van der Waals surface area contributed by atoms with Crippen LogP contribution >= 0.6 is 11.8 Å². The second-order valence-electron chi connectivity index (χ2n) is 4.45. The lowest BCUT2D eigenvalue weighted by Crippen LogP contribution is -2.30. The van der Waals surface area contributed by atoms with Crippen LogP contribution in [0.3, 0.4) is 0 Å². The maximum Gasteiger partial charge on any atom is 0.102 e. The van der Waals surface area contributed by atoms with Crippen LogP contribution in [-0.4, -0.2) is 30.5 Å². The Kier molecular flexibility index (Phi) is 3.50. The summed E-state index contributed by atoms with van der Waals surface area (Å²) in [5.74, 6) is 0. The van der Waals surface area contributed by atoms with Crippen molar-refractivity contribution in [1.29, 1.82) is 0 Å².